The molecule has 4 rings (SSSR count). The predicted octanol–water partition coefficient (Wildman–Crippen LogP) is 3.82. The fourth-order valence-electron chi connectivity index (χ4n) is 3.21. The van der Waals surface area contributed by atoms with E-state index in [1.54, 1.807) is 72.8 Å². The number of amides is 2. The zero-order chi connectivity index (χ0) is 24.6. The highest BCUT2D eigenvalue weighted by Gasteiger charge is 2.15. The SMILES string of the molecule is COc1ccccc1NC(=O)CSc1nnc(-c2ccccc2NC(=O)c2ccccc2)c(=O)[nH]1. The predicted molar refractivity (Wildman–Crippen MR) is 135 cm³/mol. The summed E-state index contributed by atoms with van der Waals surface area (Å²) in [6.07, 6.45) is 0. The van der Waals surface area contributed by atoms with Gasteiger partial charge in [0.1, 0.15) is 5.75 Å². The van der Waals surface area contributed by atoms with Gasteiger partial charge in [-0.25, -0.2) is 0 Å². The van der Waals surface area contributed by atoms with Gasteiger partial charge in [-0.15, -0.1) is 10.2 Å². The molecule has 0 atom stereocenters. The van der Waals surface area contributed by atoms with E-state index in [1.165, 1.54) is 7.11 Å². The number of H-pyrrole nitrogens is 1. The van der Waals surface area contributed by atoms with Crippen molar-refractivity contribution in [1.29, 1.82) is 0 Å². The molecule has 0 bridgehead atoms. The van der Waals surface area contributed by atoms with Crippen molar-refractivity contribution in [2.24, 2.45) is 0 Å². The van der Waals surface area contributed by atoms with Gasteiger partial charge < -0.3 is 15.4 Å². The molecule has 0 aliphatic rings. The molecular formula is C25H21N5O4S. The molecule has 4 aromatic rings. The summed E-state index contributed by atoms with van der Waals surface area (Å²) in [6.45, 7) is 0. The first kappa shape index (κ1) is 23.7. The molecule has 3 N–H and O–H groups in total. The third-order valence-corrected chi connectivity index (χ3v) is 5.73. The van der Waals surface area contributed by atoms with Gasteiger partial charge >= 0.3 is 0 Å². The van der Waals surface area contributed by atoms with Crippen molar-refractivity contribution in [3.8, 4) is 17.0 Å². The molecule has 3 aromatic carbocycles. The fraction of sp³-hybridized carbons (Fsp3) is 0.0800. The highest BCUT2D eigenvalue weighted by atomic mass is 32.2. The number of hydrogen-bond acceptors (Lipinski definition) is 7. The number of rotatable bonds is 8. The number of methoxy groups -OCH3 is 1. The number of anilines is 2. The molecule has 0 fully saturated rings. The first-order chi connectivity index (χ1) is 17.0. The van der Waals surface area contributed by atoms with Gasteiger partial charge in [0.2, 0.25) is 5.91 Å². The molecule has 10 heteroatoms. The molecule has 35 heavy (non-hydrogen) atoms. The van der Waals surface area contributed by atoms with E-state index in [0.29, 0.717) is 28.3 Å². The zero-order valence-electron chi connectivity index (χ0n) is 18.6. The summed E-state index contributed by atoms with van der Waals surface area (Å²) in [7, 11) is 1.52. The van der Waals surface area contributed by atoms with E-state index in [9.17, 15) is 14.4 Å². The molecule has 0 saturated heterocycles. The molecule has 0 radical (unpaired) electrons. The molecule has 0 unspecified atom stereocenters. The molecule has 0 aliphatic heterocycles. The van der Waals surface area contributed by atoms with Crippen molar-refractivity contribution in [2.45, 2.75) is 5.16 Å². The quantitative estimate of drug-likeness (QED) is 0.323. The van der Waals surface area contributed by atoms with Gasteiger partial charge in [0, 0.05) is 11.1 Å². The number of thioether (sulfide) groups is 1. The molecular weight excluding hydrogens is 466 g/mol. The van der Waals surface area contributed by atoms with Gasteiger partial charge in [0.15, 0.2) is 10.9 Å². The molecule has 176 valence electrons. The van der Waals surface area contributed by atoms with Crippen LogP contribution < -0.4 is 20.9 Å². The van der Waals surface area contributed by atoms with Crippen molar-refractivity contribution in [3.63, 3.8) is 0 Å². The van der Waals surface area contributed by atoms with Gasteiger partial charge in [-0.2, -0.15) is 0 Å². The van der Waals surface area contributed by atoms with E-state index in [1.807, 2.05) is 6.07 Å². The van der Waals surface area contributed by atoms with Crippen LogP contribution in [-0.2, 0) is 4.79 Å². The van der Waals surface area contributed by atoms with Gasteiger partial charge in [0.25, 0.3) is 11.5 Å². The largest absolute Gasteiger partial charge is 0.495 e. The highest BCUT2D eigenvalue weighted by molar-refractivity contribution is 7.99. The van der Waals surface area contributed by atoms with Crippen LogP contribution in [0.25, 0.3) is 11.3 Å². The second kappa shape index (κ2) is 11.1. The Balaban J connectivity index is 1.46. The summed E-state index contributed by atoms with van der Waals surface area (Å²) in [6, 6.07) is 22.6. The standard InChI is InChI=1S/C25H21N5O4S/c1-34-20-14-8-7-13-19(20)26-21(31)15-35-25-28-24(33)22(29-30-25)17-11-5-6-12-18(17)27-23(32)16-9-3-2-4-10-16/h2-14H,15H2,1H3,(H,26,31)(H,27,32)(H,28,30,33). The molecule has 9 nitrogen and oxygen atoms in total. The minimum atomic E-state index is -0.492. The maximum absolute atomic E-state index is 12.8. The van der Waals surface area contributed by atoms with Crippen LogP contribution in [-0.4, -0.2) is 39.9 Å². The summed E-state index contributed by atoms with van der Waals surface area (Å²) < 4.78 is 5.22. The number of carbonyl (C=O) groups is 2. The van der Waals surface area contributed by atoms with Crippen molar-refractivity contribution in [1.82, 2.24) is 15.2 Å². The van der Waals surface area contributed by atoms with E-state index < -0.39 is 5.56 Å². The molecule has 2 amide bonds. The van der Waals surface area contributed by atoms with Crippen LogP contribution in [0.15, 0.2) is 88.8 Å². The topological polar surface area (TPSA) is 126 Å². The van der Waals surface area contributed by atoms with Crippen LogP contribution in [0.5, 0.6) is 5.75 Å². The van der Waals surface area contributed by atoms with Crippen LogP contribution in [0.2, 0.25) is 0 Å². The summed E-state index contributed by atoms with van der Waals surface area (Å²) in [5, 5.41) is 13.9. The maximum Gasteiger partial charge on any atom is 0.278 e. The Morgan fingerprint density at radius 3 is 2.31 bits per heavy atom. The Bertz CT molecular complexity index is 1410. The second-order valence-electron chi connectivity index (χ2n) is 7.21. The van der Waals surface area contributed by atoms with Crippen molar-refractivity contribution in [2.75, 3.05) is 23.5 Å². The van der Waals surface area contributed by atoms with E-state index in [0.717, 1.165) is 11.8 Å². The van der Waals surface area contributed by atoms with Crippen molar-refractivity contribution < 1.29 is 14.3 Å². The van der Waals surface area contributed by atoms with Crippen molar-refractivity contribution >= 4 is 35.0 Å². The molecule has 1 aromatic heterocycles. The van der Waals surface area contributed by atoms with E-state index in [-0.39, 0.29) is 28.4 Å². The Morgan fingerprint density at radius 2 is 1.57 bits per heavy atom. The lowest BCUT2D eigenvalue weighted by Gasteiger charge is -2.10. The number of para-hydroxylation sites is 3. The summed E-state index contributed by atoms with van der Waals surface area (Å²) in [5.41, 5.74) is 1.45. The molecule has 0 aliphatic carbocycles. The zero-order valence-corrected chi connectivity index (χ0v) is 19.5. The van der Waals surface area contributed by atoms with Gasteiger partial charge in [-0.3, -0.25) is 19.4 Å². The Labute approximate surface area is 205 Å². The lowest BCUT2D eigenvalue weighted by atomic mass is 10.1. The van der Waals surface area contributed by atoms with Crippen molar-refractivity contribution in [3.05, 3.63) is 94.8 Å². The molecule has 0 spiro atoms. The van der Waals surface area contributed by atoms with Crippen LogP contribution in [0.4, 0.5) is 11.4 Å². The van der Waals surface area contributed by atoms with Gasteiger partial charge in [-0.1, -0.05) is 60.3 Å². The smallest absolute Gasteiger partial charge is 0.278 e. The lowest BCUT2D eigenvalue weighted by molar-refractivity contribution is -0.113. The third-order valence-electron chi connectivity index (χ3n) is 4.86. The fourth-order valence-corrected chi connectivity index (χ4v) is 3.82. The van der Waals surface area contributed by atoms with Gasteiger partial charge in [0.05, 0.1) is 24.2 Å². The Hall–Kier alpha value is -4.44. The third kappa shape index (κ3) is 5.92. The number of aromatic nitrogens is 3. The molecule has 1 heterocycles. The first-order valence-corrected chi connectivity index (χ1v) is 11.5. The number of carbonyl (C=O) groups excluding carboxylic acids is 2. The van der Waals surface area contributed by atoms with E-state index in [4.69, 9.17) is 4.74 Å². The number of ether oxygens (including phenoxy) is 1. The van der Waals surface area contributed by atoms with Crippen LogP contribution in [0, 0.1) is 0 Å². The number of nitrogens with one attached hydrogen (secondary N) is 3. The summed E-state index contributed by atoms with van der Waals surface area (Å²) >= 11 is 1.04. The summed E-state index contributed by atoms with van der Waals surface area (Å²) in [4.78, 5) is 40.3. The number of benzene rings is 3. The average Bonchev–Trinajstić information content (AvgIpc) is 2.89. The van der Waals surface area contributed by atoms with E-state index in [2.05, 4.69) is 25.8 Å². The second-order valence-corrected chi connectivity index (χ2v) is 8.17. The lowest BCUT2D eigenvalue weighted by Crippen LogP contribution is -2.18. The van der Waals surface area contributed by atoms with Crippen LogP contribution in [0.3, 0.4) is 0 Å². The number of nitrogens with zero attached hydrogens (tertiary/aromatic N) is 2. The minimum absolute atomic E-state index is 0.00569. The van der Waals surface area contributed by atoms with Crippen LogP contribution >= 0.6 is 11.8 Å². The first-order valence-electron chi connectivity index (χ1n) is 10.5. The van der Waals surface area contributed by atoms with Gasteiger partial charge in [-0.05, 0) is 30.3 Å². The summed E-state index contributed by atoms with van der Waals surface area (Å²) in [5.74, 6) is -0.0524. The maximum atomic E-state index is 12.8. The minimum Gasteiger partial charge on any atom is -0.495 e. The Kier molecular flexibility index (Phi) is 7.53. The van der Waals surface area contributed by atoms with Crippen LogP contribution in [0.1, 0.15) is 10.4 Å². The van der Waals surface area contributed by atoms with E-state index >= 15 is 0 Å². The number of hydrogen-bond donors (Lipinski definition) is 3. The average molecular weight is 488 g/mol. The molecule has 0 saturated carbocycles. The highest BCUT2D eigenvalue weighted by Crippen LogP contribution is 2.25. The Morgan fingerprint density at radius 1 is 0.886 bits per heavy atom. The normalized spacial score (nSPS) is 10.4. The number of aromatic amines is 1. The monoisotopic (exact) mass is 487 g/mol.